The molecule has 0 amide bonds. The van der Waals surface area contributed by atoms with Crippen LogP contribution in [0.2, 0.25) is 0 Å². The monoisotopic (exact) mass is 198 g/mol. The maximum Gasteiger partial charge on any atom is 0.310 e. The fraction of sp³-hybridized carbons (Fsp3) is 0.800. The lowest BCUT2D eigenvalue weighted by molar-refractivity contribution is -0.152. The van der Waals surface area contributed by atoms with Crippen molar-refractivity contribution >= 4 is 11.9 Å². The summed E-state index contributed by atoms with van der Waals surface area (Å²) < 4.78 is 5.22. The SMILES string of the molecule is C[C@@H]1C[C@@]2(C)C[C@@H](C(=O)O2)[C@H]1C(=O)O. The molecule has 0 aromatic carbocycles. The van der Waals surface area contributed by atoms with Crippen molar-refractivity contribution in [3.63, 3.8) is 0 Å². The second-order valence-corrected chi connectivity index (χ2v) is 4.73. The summed E-state index contributed by atoms with van der Waals surface area (Å²) in [4.78, 5) is 22.4. The van der Waals surface area contributed by atoms with Crippen LogP contribution in [-0.4, -0.2) is 22.6 Å². The van der Waals surface area contributed by atoms with Gasteiger partial charge >= 0.3 is 11.9 Å². The third-order valence-electron chi connectivity index (χ3n) is 3.39. The molecule has 0 spiro atoms. The Morgan fingerprint density at radius 2 is 2.21 bits per heavy atom. The quantitative estimate of drug-likeness (QED) is 0.639. The van der Waals surface area contributed by atoms with Gasteiger partial charge in [0.25, 0.3) is 0 Å². The summed E-state index contributed by atoms with van der Waals surface area (Å²) in [6.45, 7) is 3.77. The minimum atomic E-state index is -0.872. The summed E-state index contributed by atoms with van der Waals surface area (Å²) in [5, 5.41) is 9.02. The van der Waals surface area contributed by atoms with Crippen LogP contribution in [0.4, 0.5) is 0 Å². The van der Waals surface area contributed by atoms with E-state index in [1.807, 2.05) is 13.8 Å². The van der Waals surface area contributed by atoms with Gasteiger partial charge in [0, 0.05) is 6.42 Å². The van der Waals surface area contributed by atoms with Gasteiger partial charge in [-0.3, -0.25) is 9.59 Å². The van der Waals surface area contributed by atoms with Gasteiger partial charge in [-0.1, -0.05) is 6.92 Å². The van der Waals surface area contributed by atoms with Crippen molar-refractivity contribution in [3.05, 3.63) is 0 Å². The van der Waals surface area contributed by atoms with Gasteiger partial charge in [0.05, 0.1) is 11.8 Å². The van der Waals surface area contributed by atoms with Crippen LogP contribution in [0.1, 0.15) is 26.7 Å². The molecule has 2 bridgehead atoms. The largest absolute Gasteiger partial charge is 0.481 e. The maximum absolute atomic E-state index is 11.4. The molecule has 1 aliphatic heterocycles. The van der Waals surface area contributed by atoms with Crippen LogP contribution in [0.15, 0.2) is 0 Å². The second kappa shape index (κ2) is 2.72. The Balaban J connectivity index is 2.31. The molecule has 1 saturated carbocycles. The van der Waals surface area contributed by atoms with E-state index in [0.29, 0.717) is 12.8 Å². The number of carboxylic acids is 1. The van der Waals surface area contributed by atoms with Gasteiger partial charge in [-0.25, -0.2) is 0 Å². The van der Waals surface area contributed by atoms with E-state index >= 15 is 0 Å². The predicted molar refractivity (Wildman–Crippen MR) is 47.5 cm³/mol. The van der Waals surface area contributed by atoms with Crippen LogP contribution in [0.5, 0.6) is 0 Å². The molecule has 14 heavy (non-hydrogen) atoms. The molecule has 0 radical (unpaired) electrons. The first-order valence-corrected chi connectivity index (χ1v) is 4.89. The van der Waals surface area contributed by atoms with Gasteiger partial charge in [0.2, 0.25) is 0 Å². The van der Waals surface area contributed by atoms with Gasteiger partial charge in [-0.2, -0.15) is 0 Å². The Bertz CT molecular complexity index is 298. The summed E-state index contributed by atoms with van der Waals surface area (Å²) in [6.07, 6.45) is 1.22. The molecule has 78 valence electrons. The van der Waals surface area contributed by atoms with Crippen LogP contribution < -0.4 is 0 Å². The number of fused-ring (bicyclic) bond motifs is 2. The molecular weight excluding hydrogens is 184 g/mol. The molecule has 1 heterocycles. The second-order valence-electron chi connectivity index (χ2n) is 4.73. The van der Waals surface area contributed by atoms with Crippen LogP contribution >= 0.6 is 0 Å². The van der Waals surface area contributed by atoms with Crippen molar-refractivity contribution in [2.24, 2.45) is 17.8 Å². The molecule has 0 unspecified atom stereocenters. The average molecular weight is 198 g/mol. The van der Waals surface area contributed by atoms with Gasteiger partial charge in [0.15, 0.2) is 0 Å². The van der Waals surface area contributed by atoms with E-state index < -0.39 is 23.4 Å². The lowest BCUT2D eigenvalue weighted by Crippen LogP contribution is -2.39. The van der Waals surface area contributed by atoms with Gasteiger partial charge in [-0.15, -0.1) is 0 Å². The van der Waals surface area contributed by atoms with Crippen LogP contribution in [0.25, 0.3) is 0 Å². The summed E-state index contributed by atoms with van der Waals surface area (Å²) in [5.74, 6) is -2.17. The number of carbonyl (C=O) groups excluding carboxylic acids is 1. The number of hydrogen-bond donors (Lipinski definition) is 1. The van der Waals surface area contributed by atoms with Crippen LogP contribution in [0, 0.1) is 17.8 Å². The Labute approximate surface area is 82.2 Å². The van der Waals surface area contributed by atoms with Gasteiger partial charge < -0.3 is 9.84 Å². The molecule has 2 fully saturated rings. The Morgan fingerprint density at radius 3 is 2.79 bits per heavy atom. The highest BCUT2D eigenvalue weighted by molar-refractivity contribution is 5.83. The number of hydrogen-bond acceptors (Lipinski definition) is 3. The van der Waals surface area contributed by atoms with E-state index in [4.69, 9.17) is 9.84 Å². The Hall–Kier alpha value is -1.06. The minimum Gasteiger partial charge on any atom is -0.481 e. The van der Waals surface area contributed by atoms with Crippen molar-refractivity contribution in [1.82, 2.24) is 0 Å². The predicted octanol–water partition coefficient (Wildman–Crippen LogP) is 1.05. The van der Waals surface area contributed by atoms with Crippen LogP contribution in [-0.2, 0) is 14.3 Å². The van der Waals surface area contributed by atoms with Gasteiger partial charge in [0.1, 0.15) is 5.60 Å². The molecule has 1 saturated heterocycles. The number of carbonyl (C=O) groups is 2. The zero-order valence-corrected chi connectivity index (χ0v) is 8.32. The summed E-state index contributed by atoms with van der Waals surface area (Å²) in [5.41, 5.74) is -0.410. The minimum absolute atomic E-state index is 0.0164. The fourth-order valence-corrected chi connectivity index (χ4v) is 2.93. The average Bonchev–Trinajstić information content (AvgIpc) is 2.21. The van der Waals surface area contributed by atoms with Crippen LogP contribution in [0.3, 0.4) is 0 Å². The molecule has 4 heteroatoms. The molecule has 1 aliphatic carbocycles. The van der Waals surface area contributed by atoms with Crippen molar-refractivity contribution in [1.29, 1.82) is 0 Å². The Kier molecular flexibility index (Phi) is 1.84. The van der Waals surface area contributed by atoms with Crippen molar-refractivity contribution in [3.8, 4) is 0 Å². The summed E-state index contributed by atoms with van der Waals surface area (Å²) in [6, 6.07) is 0. The first-order chi connectivity index (χ1) is 6.43. The molecule has 1 N–H and O–H groups in total. The zero-order valence-electron chi connectivity index (χ0n) is 8.32. The van der Waals surface area contributed by atoms with Gasteiger partial charge in [-0.05, 0) is 19.3 Å². The number of aliphatic carboxylic acids is 1. The lowest BCUT2D eigenvalue weighted by atomic mass is 9.69. The zero-order chi connectivity index (χ0) is 10.5. The van der Waals surface area contributed by atoms with Crippen molar-refractivity contribution < 1.29 is 19.4 Å². The lowest BCUT2D eigenvalue weighted by Gasteiger charge is -2.33. The molecule has 4 atom stereocenters. The van der Waals surface area contributed by atoms with E-state index in [0.717, 1.165) is 0 Å². The molecule has 2 aliphatic rings. The fourth-order valence-electron chi connectivity index (χ4n) is 2.93. The third-order valence-corrected chi connectivity index (χ3v) is 3.39. The number of rotatable bonds is 1. The number of esters is 1. The normalized spacial score (nSPS) is 46.1. The number of carboxylic acid groups (broad SMARTS) is 1. The third kappa shape index (κ3) is 1.21. The standard InChI is InChI=1S/C10H14O4/c1-5-3-10(2)4-6(9(13)14-10)7(5)8(11)12/h5-7H,3-4H2,1-2H3,(H,11,12)/t5-,6-,7+,10+/m1/s1. The first-order valence-electron chi connectivity index (χ1n) is 4.89. The molecule has 4 nitrogen and oxygen atoms in total. The summed E-state index contributed by atoms with van der Waals surface area (Å²) >= 11 is 0. The van der Waals surface area contributed by atoms with E-state index in [1.165, 1.54) is 0 Å². The van der Waals surface area contributed by atoms with Crippen molar-refractivity contribution in [2.75, 3.05) is 0 Å². The Morgan fingerprint density at radius 1 is 1.57 bits per heavy atom. The first kappa shape index (κ1) is 9.49. The van der Waals surface area contributed by atoms with E-state index in [-0.39, 0.29) is 11.9 Å². The highest BCUT2D eigenvalue weighted by Crippen LogP contribution is 2.48. The number of ether oxygens (including phenoxy) is 1. The molecule has 2 rings (SSSR count). The molecular formula is C10H14O4. The van der Waals surface area contributed by atoms with Crippen molar-refractivity contribution in [2.45, 2.75) is 32.3 Å². The van der Waals surface area contributed by atoms with E-state index in [9.17, 15) is 9.59 Å². The molecule has 0 aromatic rings. The highest BCUT2D eigenvalue weighted by atomic mass is 16.6. The maximum atomic E-state index is 11.4. The highest BCUT2D eigenvalue weighted by Gasteiger charge is 2.55. The molecule has 0 aromatic heterocycles. The van der Waals surface area contributed by atoms with E-state index in [1.54, 1.807) is 0 Å². The topological polar surface area (TPSA) is 63.6 Å². The smallest absolute Gasteiger partial charge is 0.310 e. The van der Waals surface area contributed by atoms with E-state index in [2.05, 4.69) is 0 Å². The summed E-state index contributed by atoms with van der Waals surface area (Å²) in [7, 11) is 0.